The van der Waals surface area contributed by atoms with Crippen molar-refractivity contribution in [2.24, 2.45) is 7.05 Å². The van der Waals surface area contributed by atoms with Gasteiger partial charge in [-0.2, -0.15) is 0 Å². The lowest BCUT2D eigenvalue weighted by molar-refractivity contribution is 0.0954. The number of carbonyl (C=O) groups excluding carboxylic acids is 1. The standard InChI is InChI=1S/C17H16N2O3/c1-19-14-8-7-12(11-15(14)22-17(19)21)9-10-18-16(20)13-5-3-2-4-6-13/h2-8,11H,9-10H2,1H3,(H,18,20). The minimum Gasteiger partial charge on any atom is -0.408 e. The number of nitrogens with one attached hydrogen (secondary N) is 1. The van der Waals surface area contributed by atoms with Gasteiger partial charge in [0.25, 0.3) is 5.91 Å². The average molecular weight is 296 g/mol. The quantitative estimate of drug-likeness (QED) is 0.802. The zero-order chi connectivity index (χ0) is 15.5. The highest BCUT2D eigenvalue weighted by molar-refractivity contribution is 5.94. The number of oxazole rings is 1. The van der Waals surface area contributed by atoms with Gasteiger partial charge in [0.15, 0.2) is 5.58 Å². The molecule has 0 radical (unpaired) electrons. The van der Waals surface area contributed by atoms with Crippen molar-refractivity contribution in [3.05, 3.63) is 70.2 Å². The zero-order valence-electron chi connectivity index (χ0n) is 12.2. The van der Waals surface area contributed by atoms with Gasteiger partial charge in [-0.3, -0.25) is 9.36 Å². The topological polar surface area (TPSA) is 64.2 Å². The van der Waals surface area contributed by atoms with E-state index in [0.717, 1.165) is 11.1 Å². The minimum atomic E-state index is -0.371. The van der Waals surface area contributed by atoms with Crippen molar-refractivity contribution >= 4 is 17.0 Å². The van der Waals surface area contributed by atoms with Crippen LogP contribution in [0.25, 0.3) is 11.1 Å². The second kappa shape index (κ2) is 5.89. The van der Waals surface area contributed by atoms with Gasteiger partial charge in [-0.1, -0.05) is 24.3 Å². The Morgan fingerprint density at radius 1 is 1.18 bits per heavy atom. The summed E-state index contributed by atoms with van der Waals surface area (Å²) in [6.07, 6.45) is 0.674. The molecule has 0 atom stereocenters. The molecule has 5 heteroatoms. The van der Waals surface area contributed by atoms with Crippen LogP contribution in [-0.4, -0.2) is 17.0 Å². The van der Waals surface area contributed by atoms with Gasteiger partial charge in [0.2, 0.25) is 0 Å². The van der Waals surface area contributed by atoms with Crippen molar-refractivity contribution in [3.8, 4) is 0 Å². The van der Waals surface area contributed by atoms with Crippen LogP contribution in [0.5, 0.6) is 0 Å². The van der Waals surface area contributed by atoms with Crippen LogP contribution < -0.4 is 11.1 Å². The van der Waals surface area contributed by atoms with Crippen LogP contribution >= 0.6 is 0 Å². The summed E-state index contributed by atoms with van der Waals surface area (Å²) in [6.45, 7) is 0.524. The number of aromatic nitrogens is 1. The van der Waals surface area contributed by atoms with E-state index >= 15 is 0 Å². The summed E-state index contributed by atoms with van der Waals surface area (Å²) in [5.74, 6) is -0.461. The molecule has 1 heterocycles. The second-order valence-electron chi connectivity index (χ2n) is 5.10. The van der Waals surface area contributed by atoms with Crippen LogP contribution in [0.3, 0.4) is 0 Å². The highest BCUT2D eigenvalue weighted by Crippen LogP contribution is 2.14. The Morgan fingerprint density at radius 3 is 2.73 bits per heavy atom. The van der Waals surface area contributed by atoms with Crippen LogP contribution in [0.2, 0.25) is 0 Å². The summed E-state index contributed by atoms with van der Waals surface area (Å²) < 4.78 is 6.62. The average Bonchev–Trinajstić information content (AvgIpc) is 2.82. The van der Waals surface area contributed by atoms with Gasteiger partial charge in [0.05, 0.1) is 5.52 Å². The third-order valence-corrected chi connectivity index (χ3v) is 3.59. The SMILES string of the molecule is Cn1c(=O)oc2cc(CCNC(=O)c3ccccc3)ccc21. The molecule has 0 fully saturated rings. The molecule has 0 unspecified atom stereocenters. The van der Waals surface area contributed by atoms with E-state index in [9.17, 15) is 9.59 Å². The Hall–Kier alpha value is -2.82. The van der Waals surface area contributed by atoms with E-state index < -0.39 is 0 Å². The number of rotatable bonds is 4. The molecule has 0 aliphatic heterocycles. The van der Waals surface area contributed by atoms with Gasteiger partial charge in [-0.25, -0.2) is 4.79 Å². The molecule has 0 spiro atoms. The van der Waals surface area contributed by atoms with Crippen molar-refractivity contribution in [3.63, 3.8) is 0 Å². The largest absolute Gasteiger partial charge is 0.419 e. The molecule has 5 nitrogen and oxygen atoms in total. The molecule has 0 saturated heterocycles. The van der Waals surface area contributed by atoms with Gasteiger partial charge in [-0.05, 0) is 36.2 Å². The van der Waals surface area contributed by atoms with Crippen LogP contribution in [0.1, 0.15) is 15.9 Å². The molecule has 0 aliphatic rings. The highest BCUT2D eigenvalue weighted by atomic mass is 16.4. The van der Waals surface area contributed by atoms with E-state index in [-0.39, 0.29) is 11.7 Å². The lowest BCUT2D eigenvalue weighted by Gasteiger charge is -2.05. The fourth-order valence-electron chi connectivity index (χ4n) is 2.35. The van der Waals surface area contributed by atoms with Gasteiger partial charge < -0.3 is 9.73 Å². The molecule has 0 aliphatic carbocycles. The predicted molar refractivity (Wildman–Crippen MR) is 83.9 cm³/mol. The Balaban J connectivity index is 1.64. The lowest BCUT2D eigenvalue weighted by Crippen LogP contribution is -2.25. The molecule has 22 heavy (non-hydrogen) atoms. The normalized spacial score (nSPS) is 10.8. The number of benzene rings is 2. The van der Waals surface area contributed by atoms with E-state index in [1.54, 1.807) is 19.2 Å². The molecule has 0 bridgehead atoms. The molecule has 112 valence electrons. The van der Waals surface area contributed by atoms with E-state index in [1.807, 2.05) is 36.4 Å². The Labute approximate surface area is 127 Å². The first-order valence-electron chi connectivity index (χ1n) is 7.07. The number of hydrogen-bond acceptors (Lipinski definition) is 3. The maximum Gasteiger partial charge on any atom is 0.419 e. The van der Waals surface area contributed by atoms with Crippen molar-refractivity contribution in [2.75, 3.05) is 6.54 Å². The number of aryl methyl sites for hydroxylation is 1. The Bertz CT molecular complexity index is 862. The van der Waals surface area contributed by atoms with E-state index in [1.165, 1.54) is 4.57 Å². The molecule has 1 aromatic heterocycles. The van der Waals surface area contributed by atoms with Crippen LogP contribution in [-0.2, 0) is 13.5 Å². The maximum atomic E-state index is 11.9. The van der Waals surface area contributed by atoms with Crippen molar-refractivity contribution in [1.29, 1.82) is 0 Å². The maximum absolute atomic E-state index is 11.9. The third kappa shape index (κ3) is 2.79. The summed E-state index contributed by atoms with van der Waals surface area (Å²) >= 11 is 0. The van der Waals surface area contributed by atoms with Crippen LogP contribution in [0.15, 0.2) is 57.7 Å². The van der Waals surface area contributed by atoms with Crippen LogP contribution in [0, 0.1) is 0 Å². The van der Waals surface area contributed by atoms with Gasteiger partial charge in [-0.15, -0.1) is 0 Å². The molecular weight excluding hydrogens is 280 g/mol. The van der Waals surface area contributed by atoms with E-state index in [2.05, 4.69) is 5.32 Å². The minimum absolute atomic E-state index is 0.0899. The van der Waals surface area contributed by atoms with Gasteiger partial charge in [0, 0.05) is 19.2 Å². The van der Waals surface area contributed by atoms with Crippen molar-refractivity contribution in [1.82, 2.24) is 9.88 Å². The zero-order valence-corrected chi connectivity index (χ0v) is 12.2. The van der Waals surface area contributed by atoms with Crippen molar-refractivity contribution < 1.29 is 9.21 Å². The second-order valence-corrected chi connectivity index (χ2v) is 5.10. The lowest BCUT2D eigenvalue weighted by atomic mass is 10.1. The first-order valence-corrected chi connectivity index (χ1v) is 7.07. The number of hydrogen-bond donors (Lipinski definition) is 1. The fourth-order valence-corrected chi connectivity index (χ4v) is 2.35. The molecule has 3 aromatic rings. The number of nitrogens with zero attached hydrogens (tertiary/aromatic N) is 1. The molecule has 2 aromatic carbocycles. The first kappa shape index (κ1) is 14.1. The molecule has 3 rings (SSSR count). The molecular formula is C17H16N2O3. The fraction of sp³-hybridized carbons (Fsp3) is 0.176. The van der Waals surface area contributed by atoms with Gasteiger partial charge in [0.1, 0.15) is 0 Å². The highest BCUT2D eigenvalue weighted by Gasteiger charge is 2.07. The van der Waals surface area contributed by atoms with E-state index in [0.29, 0.717) is 24.1 Å². The number of fused-ring (bicyclic) bond motifs is 1. The Morgan fingerprint density at radius 2 is 1.95 bits per heavy atom. The first-order chi connectivity index (χ1) is 10.6. The molecule has 1 N–H and O–H groups in total. The predicted octanol–water partition coefficient (Wildman–Crippen LogP) is 2.10. The summed E-state index contributed by atoms with van der Waals surface area (Å²) in [5.41, 5.74) is 2.99. The summed E-state index contributed by atoms with van der Waals surface area (Å²) in [4.78, 5) is 23.4. The van der Waals surface area contributed by atoms with Crippen molar-refractivity contribution in [2.45, 2.75) is 6.42 Å². The van der Waals surface area contributed by atoms with Gasteiger partial charge >= 0.3 is 5.76 Å². The van der Waals surface area contributed by atoms with Crippen LogP contribution in [0.4, 0.5) is 0 Å². The smallest absolute Gasteiger partial charge is 0.408 e. The summed E-state index contributed by atoms with van der Waals surface area (Å²) in [5, 5.41) is 2.88. The Kier molecular flexibility index (Phi) is 3.78. The summed E-state index contributed by atoms with van der Waals surface area (Å²) in [6, 6.07) is 14.7. The van der Waals surface area contributed by atoms with E-state index in [4.69, 9.17) is 4.42 Å². The number of carbonyl (C=O) groups is 1. The summed E-state index contributed by atoms with van der Waals surface area (Å²) in [7, 11) is 1.67. The molecule has 0 saturated carbocycles. The third-order valence-electron chi connectivity index (χ3n) is 3.59. The monoisotopic (exact) mass is 296 g/mol. The number of amides is 1. The molecule has 1 amide bonds.